The minimum Gasteiger partial charge on any atom is -0.481 e. The Kier molecular flexibility index (Phi) is 4.21. The van der Waals surface area contributed by atoms with Gasteiger partial charge in [0.2, 0.25) is 0 Å². The summed E-state index contributed by atoms with van der Waals surface area (Å²) in [6.07, 6.45) is 1.61. The molecule has 1 fully saturated rings. The molecule has 1 saturated carbocycles. The first-order valence-corrected chi connectivity index (χ1v) is 6.67. The molecule has 0 bridgehead atoms. The number of aliphatic carboxylic acids is 1. The lowest BCUT2D eigenvalue weighted by Crippen LogP contribution is -2.33. The van der Waals surface area contributed by atoms with Crippen molar-refractivity contribution in [2.24, 2.45) is 5.92 Å². The highest BCUT2D eigenvalue weighted by Gasteiger charge is 2.30. The van der Waals surface area contributed by atoms with Crippen LogP contribution >= 0.6 is 0 Å². The maximum absolute atomic E-state index is 12.2. The number of nitro benzene ring substituents is 1. The maximum Gasteiger partial charge on any atom is 0.306 e. The predicted molar refractivity (Wildman–Crippen MR) is 74.1 cm³/mol. The highest BCUT2D eigenvalue weighted by atomic mass is 16.6. The van der Waals surface area contributed by atoms with E-state index in [0.717, 1.165) is 0 Å². The fourth-order valence-electron chi connectivity index (χ4n) is 2.62. The largest absolute Gasteiger partial charge is 0.481 e. The van der Waals surface area contributed by atoms with Crippen LogP contribution in [-0.2, 0) is 4.79 Å². The fraction of sp³-hybridized carbons (Fsp3) is 0.429. The van der Waals surface area contributed by atoms with Crippen molar-refractivity contribution in [3.05, 3.63) is 39.4 Å². The number of nitrogens with zero attached hydrogens (tertiary/aromatic N) is 1. The highest BCUT2D eigenvalue weighted by Crippen LogP contribution is 2.26. The SMILES string of the molecule is Cc1cc([N+](=O)[O-])ccc1C(=O)N[C@@H]1CC[C@H](C(=O)O)C1. The predicted octanol–water partition coefficient (Wildman–Crippen LogP) is 1.89. The number of hydrogen-bond donors (Lipinski definition) is 2. The van der Waals surface area contributed by atoms with Gasteiger partial charge in [-0.1, -0.05) is 0 Å². The molecule has 0 aliphatic heterocycles. The second-order valence-electron chi connectivity index (χ2n) is 5.27. The van der Waals surface area contributed by atoms with Gasteiger partial charge in [-0.3, -0.25) is 19.7 Å². The lowest BCUT2D eigenvalue weighted by atomic mass is 10.1. The van der Waals surface area contributed by atoms with Crippen LogP contribution in [-0.4, -0.2) is 27.9 Å². The molecule has 0 spiro atoms. The summed E-state index contributed by atoms with van der Waals surface area (Å²) in [4.78, 5) is 33.2. The van der Waals surface area contributed by atoms with Gasteiger partial charge in [-0.15, -0.1) is 0 Å². The number of amides is 1. The van der Waals surface area contributed by atoms with E-state index in [1.165, 1.54) is 18.2 Å². The van der Waals surface area contributed by atoms with Gasteiger partial charge >= 0.3 is 5.97 Å². The van der Waals surface area contributed by atoms with Crippen LogP contribution in [0, 0.1) is 23.0 Å². The van der Waals surface area contributed by atoms with Crippen LogP contribution < -0.4 is 5.32 Å². The highest BCUT2D eigenvalue weighted by molar-refractivity contribution is 5.96. The number of benzene rings is 1. The first-order valence-electron chi connectivity index (χ1n) is 6.67. The lowest BCUT2D eigenvalue weighted by molar-refractivity contribution is -0.384. The number of carboxylic acids is 1. The van der Waals surface area contributed by atoms with E-state index >= 15 is 0 Å². The Balaban J connectivity index is 2.04. The number of nitro groups is 1. The fourth-order valence-corrected chi connectivity index (χ4v) is 2.62. The second-order valence-corrected chi connectivity index (χ2v) is 5.27. The van der Waals surface area contributed by atoms with Crippen molar-refractivity contribution in [3.63, 3.8) is 0 Å². The van der Waals surface area contributed by atoms with E-state index in [0.29, 0.717) is 30.4 Å². The van der Waals surface area contributed by atoms with Gasteiger partial charge in [-0.2, -0.15) is 0 Å². The number of aryl methyl sites for hydroxylation is 1. The van der Waals surface area contributed by atoms with Gasteiger partial charge in [0, 0.05) is 23.7 Å². The van der Waals surface area contributed by atoms with Gasteiger partial charge in [-0.05, 0) is 37.8 Å². The van der Waals surface area contributed by atoms with Crippen molar-refractivity contribution in [3.8, 4) is 0 Å². The number of carbonyl (C=O) groups excluding carboxylic acids is 1. The molecule has 1 aromatic carbocycles. The van der Waals surface area contributed by atoms with Gasteiger partial charge in [0.05, 0.1) is 10.8 Å². The van der Waals surface area contributed by atoms with Crippen LogP contribution in [0.1, 0.15) is 35.2 Å². The summed E-state index contributed by atoms with van der Waals surface area (Å²) in [5.74, 6) is -1.56. The zero-order valence-corrected chi connectivity index (χ0v) is 11.5. The molecule has 112 valence electrons. The Morgan fingerprint density at radius 3 is 2.62 bits per heavy atom. The first kappa shape index (κ1) is 15.0. The normalized spacial score (nSPS) is 21.0. The summed E-state index contributed by atoms with van der Waals surface area (Å²) in [5.41, 5.74) is 0.838. The molecule has 0 saturated heterocycles. The van der Waals surface area contributed by atoms with Gasteiger partial charge < -0.3 is 10.4 Å². The Labute approximate surface area is 121 Å². The van der Waals surface area contributed by atoms with Gasteiger partial charge in [-0.25, -0.2) is 0 Å². The number of carbonyl (C=O) groups is 2. The molecular formula is C14H16N2O5. The van der Waals surface area contributed by atoms with Crippen LogP contribution in [0.15, 0.2) is 18.2 Å². The number of non-ortho nitro benzene ring substituents is 1. The van der Waals surface area contributed by atoms with Crippen molar-refractivity contribution in [2.75, 3.05) is 0 Å². The minimum atomic E-state index is -0.835. The smallest absolute Gasteiger partial charge is 0.306 e. The quantitative estimate of drug-likeness (QED) is 0.650. The van der Waals surface area contributed by atoms with Crippen molar-refractivity contribution < 1.29 is 19.6 Å². The Hall–Kier alpha value is -2.44. The van der Waals surface area contributed by atoms with Crippen LogP contribution in [0.5, 0.6) is 0 Å². The van der Waals surface area contributed by atoms with E-state index in [1.807, 2.05) is 0 Å². The summed E-state index contributed by atoms with van der Waals surface area (Å²) in [5, 5.41) is 22.4. The minimum absolute atomic E-state index is 0.0594. The summed E-state index contributed by atoms with van der Waals surface area (Å²) in [6, 6.07) is 3.90. The lowest BCUT2D eigenvalue weighted by Gasteiger charge is -2.13. The number of rotatable bonds is 4. The van der Waals surface area contributed by atoms with E-state index in [4.69, 9.17) is 5.11 Å². The van der Waals surface area contributed by atoms with Gasteiger partial charge in [0.1, 0.15) is 0 Å². The molecule has 1 aliphatic rings. The third-order valence-electron chi connectivity index (χ3n) is 3.78. The number of hydrogen-bond acceptors (Lipinski definition) is 4. The van der Waals surface area contributed by atoms with Crippen molar-refractivity contribution in [1.82, 2.24) is 5.32 Å². The van der Waals surface area contributed by atoms with Gasteiger partial charge in [0.25, 0.3) is 11.6 Å². The van der Waals surface area contributed by atoms with Crippen molar-refractivity contribution in [2.45, 2.75) is 32.2 Å². The van der Waals surface area contributed by atoms with Crippen LogP contribution in [0.3, 0.4) is 0 Å². The van der Waals surface area contributed by atoms with E-state index < -0.39 is 16.8 Å². The molecule has 1 aliphatic carbocycles. The molecule has 2 atom stereocenters. The average molecular weight is 292 g/mol. The molecule has 1 aromatic rings. The average Bonchev–Trinajstić information content (AvgIpc) is 2.87. The van der Waals surface area contributed by atoms with E-state index in [1.54, 1.807) is 6.92 Å². The summed E-state index contributed by atoms with van der Waals surface area (Å²) >= 11 is 0. The second kappa shape index (κ2) is 5.90. The van der Waals surface area contributed by atoms with E-state index in [9.17, 15) is 19.7 Å². The third-order valence-corrected chi connectivity index (χ3v) is 3.78. The molecular weight excluding hydrogens is 276 g/mol. The summed E-state index contributed by atoms with van der Waals surface area (Å²) in [7, 11) is 0. The molecule has 0 unspecified atom stereocenters. The topological polar surface area (TPSA) is 110 Å². The van der Waals surface area contributed by atoms with Crippen LogP contribution in [0.2, 0.25) is 0 Å². The molecule has 0 heterocycles. The molecule has 7 nitrogen and oxygen atoms in total. The zero-order chi connectivity index (χ0) is 15.6. The third kappa shape index (κ3) is 3.36. The first-order chi connectivity index (χ1) is 9.88. The number of nitrogens with one attached hydrogen (secondary N) is 1. The zero-order valence-electron chi connectivity index (χ0n) is 11.5. The molecule has 0 radical (unpaired) electrons. The van der Waals surface area contributed by atoms with Crippen molar-refractivity contribution >= 4 is 17.6 Å². The molecule has 21 heavy (non-hydrogen) atoms. The Morgan fingerprint density at radius 2 is 2.10 bits per heavy atom. The summed E-state index contributed by atoms with van der Waals surface area (Å²) < 4.78 is 0. The van der Waals surface area contributed by atoms with Crippen LogP contribution in [0.4, 0.5) is 5.69 Å². The molecule has 0 aromatic heterocycles. The maximum atomic E-state index is 12.2. The standard InChI is InChI=1S/C14H16N2O5/c1-8-6-11(16(20)21)4-5-12(8)13(17)15-10-3-2-9(7-10)14(18)19/h4-6,9-10H,2-3,7H2,1H3,(H,15,17)(H,18,19)/t9-,10+/m0/s1. The molecule has 2 rings (SSSR count). The van der Waals surface area contributed by atoms with Crippen LogP contribution in [0.25, 0.3) is 0 Å². The number of carboxylic acid groups (broad SMARTS) is 1. The monoisotopic (exact) mass is 292 g/mol. The van der Waals surface area contributed by atoms with E-state index in [2.05, 4.69) is 5.32 Å². The van der Waals surface area contributed by atoms with E-state index in [-0.39, 0.29) is 17.6 Å². The molecule has 2 N–H and O–H groups in total. The van der Waals surface area contributed by atoms with Crippen molar-refractivity contribution in [1.29, 1.82) is 0 Å². The molecule has 1 amide bonds. The molecule has 7 heteroatoms. The Bertz CT molecular complexity index is 599. The summed E-state index contributed by atoms with van der Waals surface area (Å²) in [6.45, 7) is 1.64. The Morgan fingerprint density at radius 1 is 1.38 bits per heavy atom. The van der Waals surface area contributed by atoms with Gasteiger partial charge in [0.15, 0.2) is 0 Å².